The lowest BCUT2D eigenvalue weighted by Gasteiger charge is -1.98. The van der Waals surface area contributed by atoms with Crippen LogP contribution in [0.3, 0.4) is 0 Å². The normalized spacial score (nSPS) is 11.2. The minimum atomic E-state index is 0.405. The standard InChI is InChI=1S/C12H16N2O2/c1-9(2)12-6-11(16-14-12)8-13-7-10-4-3-5-15-10/h3-6,9,13H,7-8H2,1-2H3. The molecule has 1 N–H and O–H groups in total. The summed E-state index contributed by atoms with van der Waals surface area (Å²) in [5, 5.41) is 7.22. The van der Waals surface area contributed by atoms with Gasteiger partial charge in [-0.2, -0.15) is 0 Å². The molecule has 0 amide bonds. The summed E-state index contributed by atoms with van der Waals surface area (Å²) in [5.74, 6) is 2.18. The van der Waals surface area contributed by atoms with Gasteiger partial charge in [0.15, 0.2) is 5.76 Å². The van der Waals surface area contributed by atoms with Crippen molar-refractivity contribution < 1.29 is 8.94 Å². The second-order valence-electron chi connectivity index (χ2n) is 4.06. The van der Waals surface area contributed by atoms with Crippen LogP contribution in [-0.2, 0) is 13.1 Å². The highest BCUT2D eigenvalue weighted by Gasteiger charge is 2.07. The van der Waals surface area contributed by atoms with Crippen LogP contribution < -0.4 is 5.32 Å². The zero-order valence-electron chi connectivity index (χ0n) is 9.56. The van der Waals surface area contributed by atoms with Crippen molar-refractivity contribution in [1.82, 2.24) is 10.5 Å². The molecule has 2 aromatic rings. The topological polar surface area (TPSA) is 51.2 Å². The average molecular weight is 220 g/mol. The van der Waals surface area contributed by atoms with Gasteiger partial charge in [-0.05, 0) is 18.1 Å². The van der Waals surface area contributed by atoms with Crippen molar-refractivity contribution in [1.29, 1.82) is 0 Å². The minimum absolute atomic E-state index is 0.405. The molecule has 2 aromatic heterocycles. The predicted octanol–water partition coefficient (Wildman–Crippen LogP) is 2.68. The Balaban J connectivity index is 1.81. The van der Waals surface area contributed by atoms with Gasteiger partial charge in [0.2, 0.25) is 0 Å². The number of rotatable bonds is 5. The number of aromatic nitrogens is 1. The molecule has 0 saturated carbocycles. The van der Waals surface area contributed by atoms with Crippen LogP contribution in [0.25, 0.3) is 0 Å². The zero-order chi connectivity index (χ0) is 11.4. The first-order valence-electron chi connectivity index (χ1n) is 5.44. The van der Waals surface area contributed by atoms with Crippen LogP contribution in [0, 0.1) is 0 Å². The quantitative estimate of drug-likeness (QED) is 0.841. The van der Waals surface area contributed by atoms with Crippen molar-refractivity contribution in [3.63, 3.8) is 0 Å². The van der Waals surface area contributed by atoms with Gasteiger partial charge < -0.3 is 14.3 Å². The maximum absolute atomic E-state index is 5.21. The lowest BCUT2D eigenvalue weighted by atomic mass is 10.1. The molecule has 0 spiro atoms. The molecule has 0 aliphatic carbocycles. The average Bonchev–Trinajstić information content (AvgIpc) is 2.87. The zero-order valence-corrected chi connectivity index (χ0v) is 9.56. The second-order valence-corrected chi connectivity index (χ2v) is 4.06. The molecule has 0 unspecified atom stereocenters. The van der Waals surface area contributed by atoms with Crippen molar-refractivity contribution in [2.75, 3.05) is 0 Å². The molecule has 16 heavy (non-hydrogen) atoms. The molecule has 86 valence electrons. The maximum atomic E-state index is 5.21. The third kappa shape index (κ3) is 2.73. The number of hydrogen-bond acceptors (Lipinski definition) is 4. The number of nitrogens with zero attached hydrogens (tertiary/aromatic N) is 1. The Hall–Kier alpha value is -1.55. The third-order valence-electron chi connectivity index (χ3n) is 2.35. The number of furan rings is 1. The third-order valence-corrected chi connectivity index (χ3v) is 2.35. The Morgan fingerprint density at radius 2 is 2.12 bits per heavy atom. The molecule has 2 rings (SSSR count). The Kier molecular flexibility index (Phi) is 3.41. The highest BCUT2D eigenvalue weighted by molar-refractivity contribution is 5.08. The lowest BCUT2D eigenvalue weighted by molar-refractivity contribution is 0.362. The molecule has 4 heteroatoms. The van der Waals surface area contributed by atoms with Crippen molar-refractivity contribution >= 4 is 0 Å². The SMILES string of the molecule is CC(C)c1cc(CNCc2ccco2)on1. The fraction of sp³-hybridized carbons (Fsp3) is 0.417. The summed E-state index contributed by atoms with van der Waals surface area (Å²) in [6.07, 6.45) is 1.67. The van der Waals surface area contributed by atoms with Crippen LogP contribution in [-0.4, -0.2) is 5.16 Å². The molecule has 4 nitrogen and oxygen atoms in total. The summed E-state index contributed by atoms with van der Waals surface area (Å²) in [7, 11) is 0. The van der Waals surface area contributed by atoms with Gasteiger partial charge in [-0.3, -0.25) is 0 Å². The first-order valence-corrected chi connectivity index (χ1v) is 5.44. The van der Waals surface area contributed by atoms with Gasteiger partial charge in [-0.25, -0.2) is 0 Å². The van der Waals surface area contributed by atoms with Crippen LogP contribution in [0.5, 0.6) is 0 Å². The monoisotopic (exact) mass is 220 g/mol. The van der Waals surface area contributed by atoms with E-state index in [1.165, 1.54) is 0 Å². The first-order chi connectivity index (χ1) is 7.75. The summed E-state index contributed by atoms with van der Waals surface area (Å²) in [5.41, 5.74) is 0.995. The van der Waals surface area contributed by atoms with Gasteiger partial charge in [0.1, 0.15) is 5.76 Å². The fourth-order valence-corrected chi connectivity index (χ4v) is 1.41. The van der Waals surface area contributed by atoms with E-state index in [1.807, 2.05) is 18.2 Å². The molecule has 0 atom stereocenters. The van der Waals surface area contributed by atoms with E-state index in [0.29, 0.717) is 19.0 Å². The van der Waals surface area contributed by atoms with E-state index in [2.05, 4.69) is 24.3 Å². The first kappa shape index (κ1) is 11.0. The maximum Gasteiger partial charge on any atom is 0.150 e. The van der Waals surface area contributed by atoms with Crippen molar-refractivity contribution in [3.8, 4) is 0 Å². The summed E-state index contributed by atoms with van der Waals surface area (Å²) in [6, 6.07) is 5.80. The van der Waals surface area contributed by atoms with Crippen LogP contribution in [0.1, 0.15) is 37.0 Å². The molecule has 0 aromatic carbocycles. The lowest BCUT2D eigenvalue weighted by Crippen LogP contribution is -2.11. The van der Waals surface area contributed by atoms with Crippen molar-refractivity contribution in [3.05, 3.63) is 41.7 Å². The Bertz CT molecular complexity index is 418. The molecule has 0 fully saturated rings. The summed E-state index contributed by atoms with van der Waals surface area (Å²) < 4.78 is 10.4. The molecule has 0 saturated heterocycles. The van der Waals surface area contributed by atoms with Gasteiger partial charge >= 0.3 is 0 Å². The molecular weight excluding hydrogens is 204 g/mol. The summed E-state index contributed by atoms with van der Waals surface area (Å²) in [4.78, 5) is 0. The summed E-state index contributed by atoms with van der Waals surface area (Å²) >= 11 is 0. The van der Waals surface area contributed by atoms with E-state index in [9.17, 15) is 0 Å². The molecule has 2 heterocycles. The second kappa shape index (κ2) is 4.99. The van der Waals surface area contributed by atoms with E-state index < -0.39 is 0 Å². The van der Waals surface area contributed by atoms with E-state index in [-0.39, 0.29) is 0 Å². The largest absolute Gasteiger partial charge is 0.468 e. The number of hydrogen-bond donors (Lipinski definition) is 1. The highest BCUT2D eigenvalue weighted by atomic mass is 16.5. The minimum Gasteiger partial charge on any atom is -0.468 e. The Morgan fingerprint density at radius 1 is 1.31 bits per heavy atom. The van der Waals surface area contributed by atoms with Crippen LogP contribution >= 0.6 is 0 Å². The fourth-order valence-electron chi connectivity index (χ4n) is 1.41. The Morgan fingerprint density at radius 3 is 2.75 bits per heavy atom. The van der Waals surface area contributed by atoms with Gasteiger partial charge in [0.05, 0.1) is 25.0 Å². The molecule has 0 bridgehead atoms. The Labute approximate surface area is 94.6 Å². The van der Waals surface area contributed by atoms with Crippen molar-refractivity contribution in [2.45, 2.75) is 32.9 Å². The van der Waals surface area contributed by atoms with Gasteiger partial charge in [-0.15, -0.1) is 0 Å². The van der Waals surface area contributed by atoms with E-state index >= 15 is 0 Å². The number of nitrogens with one attached hydrogen (secondary N) is 1. The smallest absolute Gasteiger partial charge is 0.150 e. The predicted molar refractivity (Wildman–Crippen MR) is 59.8 cm³/mol. The van der Waals surface area contributed by atoms with Crippen LogP contribution in [0.2, 0.25) is 0 Å². The van der Waals surface area contributed by atoms with Gasteiger partial charge in [0.25, 0.3) is 0 Å². The molecule has 0 radical (unpaired) electrons. The van der Waals surface area contributed by atoms with Crippen molar-refractivity contribution in [2.24, 2.45) is 0 Å². The molecule has 0 aliphatic heterocycles. The molecular formula is C12H16N2O2. The molecule has 0 aliphatic rings. The van der Waals surface area contributed by atoms with E-state index in [0.717, 1.165) is 17.2 Å². The van der Waals surface area contributed by atoms with Gasteiger partial charge in [0, 0.05) is 6.07 Å². The van der Waals surface area contributed by atoms with Gasteiger partial charge in [-0.1, -0.05) is 19.0 Å². The van der Waals surface area contributed by atoms with E-state index in [4.69, 9.17) is 8.94 Å². The van der Waals surface area contributed by atoms with E-state index in [1.54, 1.807) is 6.26 Å². The highest BCUT2D eigenvalue weighted by Crippen LogP contribution is 2.13. The summed E-state index contributed by atoms with van der Waals surface area (Å²) in [6.45, 7) is 5.56. The van der Waals surface area contributed by atoms with Crippen LogP contribution in [0.4, 0.5) is 0 Å². The van der Waals surface area contributed by atoms with Crippen LogP contribution in [0.15, 0.2) is 33.4 Å².